The van der Waals surface area contributed by atoms with E-state index >= 15 is 0 Å². The summed E-state index contributed by atoms with van der Waals surface area (Å²) >= 11 is 0. The zero-order valence-corrected chi connectivity index (χ0v) is 20.1. The van der Waals surface area contributed by atoms with Gasteiger partial charge in [0.15, 0.2) is 11.6 Å². The molecule has 7 nitrogen and oxygen atoms in total. The predicted molar refractivity (Wildman–Crippen MR) is 130 cm³/mol. The second-order valence-electron chi connectivity index (χ2n) is 8.74. The fourth-order valence-corrected chi connectivity index (χ4v) is 4.65. The number of aliphatic hydroxyl groups excluding tert-OH is 1. The molecular weight excluding hydrogens is 451 g/mol. The van der Waals surface area contributed by atoms with Crippen molar-refractivity contribution >= 4 is 17.4 Å². The number of aliphatic hydroxyl groups is 1. The van der Waals surface area contributed by atoms with E-state index in [0.29, 0.717) is 26.2 Å². The first-order chi connectivity index (χ1) is 16.9. The van der Waals surface area contributed by atoms with Gasteiger partial charge < -0.3 is 19.5 Å². The monoisotopic (exact) mass is 482 g/mol. The number of hydrogen-bond acceptors (Lipinski definition) is 6. The van der Waals surface area contributed by atoms with Crippen molar-refractivity contribution in [1.29, 1.82) is 0 Å². The van der Waals surface area contributed by atoms with Crippen molar-refractivity contribution in [2.45, 2.75) is 25.8 Å². The molecule has 2 aromatic rings. The van der Waals surface area contributed by atoms with E-state index in [1.807, 2.05) is 31.2 Å². The van der Waals surface area contributed by atoms with Crippen LogP contribution >= 0.6 is 0 Å². The van der Waals surface area contributed by atoms with Crippen LogP contribution in [0.5, 0.6) is 5.75 Å². The maximum atomic E-state index is 14.4. The third-order valence-electron chi connectivity index (χ3n) is 6.65. The van der Waals surface area contributed by atoms with Gasteiger partial charge in [-0.15, -0.1) is 0 Å². The highest BCUT2D eigenvalue weighted by Gasteiger charge is 2.45. The summed E-state index contributed by atoms with van der Waals surface area (Å²) in [6.07, 6.45) is 1.53. The topological polar surface area (TPSA) is 79.3 Å². The Balaban J connectivity index is 1.69. The molecule has 35 heavy (non-hydrogen) atoms. The zero-order chi connectivity index (χ0) is 24.9. The molecule has 8 heteroatoms. The third-order valence-corrected chi connectivity index (χ3v) is 6.65. The van der Waals surface area contributed by atoms with Crippen molar-refractivity contribution < 1.29 is 28.6 Å². The summed E-state index contributed by atoms with van der Waals surface area (Å²) in [5.74, 6) is -2.47. The quantitative estimate of drug-likeness (QED) is 0.352. The van der Waals surface area contributed by atoms with Crippen LogP contribution in [0.15, 0.2) is 48.0 Å². The van der Waals surface area contributed by atoms with Crippen LogP contribution in [0.25, 0.3) is 5.76 Å². The Kier molecular flexibility index (Phi) is 7.83. The number of ether oxygens (including phenoxy) is 2. The Morgan fingerprint density at radius 1 is 1.11 bits per heavy atom. The van der Waals surface area contributed by atoms with E-state index in [0.717, 1.165) is 43.2 Å². The summed E-state index contributed by atoms with van der Waals surface area (Å²) in [6.45, 7) is 6.23. The fraction of sp³-hybridized carbons (Fsp3) is 0.407. The Hall–Kier alpha value is -3.23. The summed E-state index contributed by atoms with van der Waals surface area (Å²) in [4.78, 5) is 30.1. The summed E-state index contributed by atoms with van der Waals surface area (Å²) in [5, 5.41) is 11.1. The predicted octanol–water partition coefficient (Wildman–Crippen LogP) is 3.54. The maximum Gasteiger partial charge on any atom is 0.295 e. The molecule has 2 aliphatic rings. The van der Waals surface area contributed by atoms with Gasteiger partial charge in [0.2, 0.25) is 0 Å². The van der Waals surface area contributed by atoms with Crippen LogP contribution in [-0.2, 0) is 20.7 Å². The molecule has 1 unspecified atom stereocenters. The average Bonchev–Trinajstić information content (AvgIpc) is 3.14. The number of amides is 1. The Morgan fingerprint density at radius 3 is 2.46 bits per heavy atom. The Bertz CT molecular complexity index is 1110. The molecule has 2 heterocycles. The first kappa shape index (κ1) is 24.9. The molecule has 1 N–H and O–H groups in total. The molecule has 2 fully saturated rings. The highest BCUT2D eigenvalue weighted by molar-refractivity contribution is 6.46. The summed E-state index contributed by atoms with van der Waals surface area (Å²) in [5.41, 5.74) is 1.93. The number of rotatable bonds is 8. The lowest BCUT2D eigenvalue weighted by Gasteiger charge is -2.29. The minimum Gasteiger partial charge on any atom is -0.507 e. The van der Waals surface area contributed by atoms with E-state index < -0.39 is 29.3 Å². The molecule has 186 valence electrons. The van der Waals surface area contributed by atoms with E-state index in [2.05, 4.69) is 4.90 Å². The minimum absolute atomic E-state index is 0.0248. The van der Waals surface area contributed by atoms with Gasteiger partial charge in [0, 0.05) is 31.7 Å². The van der Waals surface area contributed by atoms with Crippen LogP contribution in [0.3, 0.4) is 0 Å². The van der Waals surface area contributed by atoms with Gasteiger partial charge in [-0.3, -0.25) is 14.5 Å². The molecule has 0 bridgehead atoms. The van der Waals surface area contributed by atoms with Gasteiger partial charge in [0.25, 0.3) is 11.7 Å². The molecule has 2 saturated heterocycles. The van der Waals surface area contributed by atoms with Crippen molar-refractivity contribution in [3.8, 4) is 5.75 Å². The molecule has 0 saturated carbocycles. The number of Topliss-reactive ketones (excluding diaryl/α,β-unsaturated/α-hetero) is 1. The number of halogens is 1. The molecule has 1 atom stereocenters. The number of benzene rings is 2. The molecule has 0 aliphatic carbocycles. The molecule has 0 aromatic heterocycles. The zero-order valence-electron chi connectivity index (χ0n) is 20.1. The maximum absolute atomic E-state index is 14.4. The molecule has 2 aliphatic heterocycles. The van der Waals surface area contributed by atoms with Crippen LogP contribution < -0.4 is 4.74 Å². The van der Waals surface area contributed by atoms with E-state index in [-0.39, 0.29) is 16.9 Å². The lowest BCUT2D eigenvalue weighted by Crippen LogP contribution is -2.38. The Morgan fingerprint density at radius 2 is 1.83 bits per heavy atom. The van der Waals surface area contributed by atoms with Crippen molar-refractivity contribution in [1.82, 2.24) is 9.80 Å². The summed E-state index contributed by atoms with van der Waals surface area (Å²) in [6, 6.07) is 10.9. The van der Waals surface area contributed by atoms with Crippen molar-refractivity contribution in [3.63, 3.8) is 0 Å². The van der Waals surface area contributed by atoms with Gasteiger partial charge in [-0.25, -0.2) is 4.39 Å². The van der Waals surface area contributed by atoms with Crippen LogP contribution in [0.1, 0.15) is 36.1 Å². The molecular formula is C27H31FN2O5. The van der Waals surface area contributed by atoms with Gasteiger partial charge in [-0.2, -0.15) is 0 Å². The van der Waals surface area contributed by atoms with Crippen LogP contribution in [0, 0.1) is 5.82 Å². The summed E-state index contributed by atoms with van der Waals surface area (Å²) < 4.78 is 24.7. The van der Waals surface area contributed by atoms with E-state index in [4.69, 9.17) is 9.47 Å². The standard InChI is InChI=1S/C27H31FN2O5/c1-3-18-5-7-19(8-6-18)24-23(25(31)20-9-10-22(34-2)21(28)17-20)26(32)27(33)30(24)12-4-11-29-13-15-35-16-14-29/h5-10,17,24,31H,3-4,11-16H2,1-2H3/b25-23+. The minimum atomic E-state index is -0.769. The number of carbonyl (C=O) groups is 2. The van der Waals surface area contributed by atoms with Crippen LogP contribution in [0.4, 0.5) is 4.39 Å². The second kappa shape index (κ2) is 11.0. The summed E-state index contributed by atoms with van der Waals surface area (Å²) in [7, 11) is 1.35. The first-order valence-corrected chi connectivity index (χ1v) is 12.0. The van der Waals surface area contributed by atoms with Crippen LogP contribution in [-0.4, -0.2) is 73.1 Å². The van der Waals surface area contributed by atoms with Gasteiger partial charge in [-0.05, 0) is 42.2 Å². The molecule has 1 amide bonds. The highest BCUT2D eigenvalue weighted by Crippen LogP contribution is 2.40. The number of carbonyl (C=O) groups excluding carboxylic acids is 2. The average molecular weight is 483 g/mol. The number of likely N-dealkylation sites (tertiary alicyclic amines) is 1. The largest absolute Gasteiger partial charge is 0.507 e. The smallest absolute Gasteiger partial charge is 0.295 e. The van der Waals surface area contributed by atoms with E-state index in [9.17, 15) is 19.1 Å². The lowest BCUT2D eigenvalue weighted by atomic mass is 9.94. The second-order valence-corrected chi connectivity index (χ2v) is 8.74. The number of nitrogens with zero attached hydrogens (tertiary/aromatic N) is 2. The van der Waals surface area contributed by atoms with Crippen molar-refractivity contribution in [3.05, 3.63) is 70.5 Å². The fourth-order valence-electron chi connectivity index (χ4n) is 4.65. The van der Waals surface area contributed by atoms with Crippen molar-refractivity contribution in [2.75, 3.05) is 46.5 Å². The van der Waals surface area contributed by atoms with Gasteiger partial charge in [-0.1, -0.05) is 31.2 Å². The number of morpholine rings is 1. The van der Waals surface area contributed by atoms with Gasteiger partial charge in [0.05, 0.1) is 31.9 Å². The molecule has 4 rings (SSSR count). The Labute approximate surface area is 204 Å². The molecule has 2 aromatic carbocycles. The molecule has 0 spiro atoms. The lowest BCUT2D eigenvalue weighted by molar-refractivity contribution is -0.140. The number of ketones is 1. The van der Waals surface area contributed by atoms with Gasteiger partial charge >= 0.3 is 0 Å². The van der Waals surface area contributed by atoms with E-state index in [1.165, 1.54) is 24.1 Å². The highest BCUT2D eigenvalue weighted by atomic mass is 19.1. The first-order valence-electron chi connectivity index (χ1n) is 12.0. The molecule has 0 radical (unpaired) electrons. The van der Waals surface area contributed by atoms with E-state index in [1.54, 1.807) is 0 Å². The third kappa shape index (κ3) is 5.23. The number of hydrogen-bond donors (Lipinski definition) is 1. The van der Waals surface area contributed by atoms with Crippen LogP contribution in [0.2, 0.25) is 0 Å². The SMILES string of the molecule is CCc1ccc(C2/C(=C(\O)c3ccc(OC)c(F)c3)C(=O)C(=O)N2CCCN2CCOCC2)cc1. The number of methoxy groups -OCH3 is 1. The van der Waals surface area contributed by atoms with Crippen molar-refractivity contribution in [2.24, 2.45) is 0 Å². The number of aryl methyl sites for hydroxylation is 1. The van der Waals surface area contributed by atoms with Gasteiger partial charge in [0.1, 0.15) is 5.76 Å². The normalized spacial score (nSPS) is 20.4.